The van der Waals surface area contributed by atoms with E-state index in [0.29, 0.717) is 25.4 Å². The number of hydrogen-bond acceptors (Lipinski definition) is 5. The van der Waals surface area contributed by atoms with Gasteiger partial charge in [-0.3, -0.25) is 0 Å². The van der Waals surface area contributed by atoms with Crippen LogP contribution in [-0.4, -0.2) is 38.2 Å². The van der Waals surface area contributed by atoms with Crippen LogP contribution in [0.1, 0.15) is 18.4 Å². The molecular weight excluding hydrogens is 466 g/mol. The largest absolute Gasteiger partial charge is 0.444 e. The van der Waals surface area contributed by atoms with Crippen molar-refractivity contribution in [3.05, 3.63) is 90.0 Å². The number of benzene rings is 3. The lowest BCUT2D eigenvalue weighted by Gasteiger charge is -2.28. The van der Waals surface area contributed by atoms with Crippen LogP contribution in [0.3, 0.4) is 0 Å². The summed E-state index contributed by atoms with van der Waals surface area (Å²) in [5.74, 6) is -2.32. The van der Waals surface area contributed by atoms with Gasteiger partial charge in [-0.15, -0.1) is 0 Å². The number of ether oxygens (including phenoxy) is 3. The van der Waals surface area contributed by atoms with Crippen molar-refractivity contribution in [2.45, 2.75) is 25.2 Å². The van der Waals surface area contributed by atoms with E-state index in [0.717, 1.165) is 18.4 Å². The summed E-state index contributed by atoms with van der Waals surface area (Å²) in [5, 5.41) is 0. The van der Waals surface area contributed by atoms with Gasteiger partial charge in [-0.05, 0) is 30.5 Å². The maximum absolute atomic E-state index is 15.6. The topological polar surface area (TPSA) is 51.2 Å². The molecule has 2 heterocycles. The summed E-state index contributed by atoms with van der Waals surface area (Å²) in [6, 6.07) is 20.2. The zero-order chi connectivity index (χ0) is 24.8. The Morgan fingerprint density at radius 3 is 2.11 bits per heavy atom. The third-order valence-electron chi connectivity index (χ3n) is 7.29. The number of hydrogen-bond donors (Lipinski definition) is 0. The van der Waals surface area contributed by atoms with Crippen molar-refractivity contribution in [3.63, 3.8) is 0 Å². The molecule has 6 nitrogen and oxygen atoms in total. The molecule has 0 N–H and O–H groups in total. The van der Waals surface area contributed by atoms with Crippen LogP contribution in [0, 0.1) is 17.0 Å². The Morgan fingerprint density at radius 1 is 0.889 bits per heavy atom. The first-order chi connectivity index (χ1) is 17.5. The molecule has 1 aliphatic carbocycles. The van der Waals surface area contributed by atoms with Gasteiger partial charge in [-0.1, -0.05) is 48.5 Å². The molecule has 8 heteroatoms. The molecule has 3 aromatic carbocycles. The number of carbonyl (C=O) groups is 1. The molecule has 3 fully saturated rings. The van der Waals surface area contributed by atoms with Crippen LogP contribution in [0.4, 0.5) is 30.6 Å². The van der Waals surface area contributed by atoms with Crippen molar-refractivity contribution < 1.29 is 27.8 Å². The highest BCUT2D eigenvalue weighted by atomic mass is 19.1. The molecule has 3 aliphatic rings. The number of halogens is 2. The Bertz CT molecular complexity index is 1240. The molecule has 2 spiro atoms. The molecule has 2 saturated heterocycles. The van der Waals surface area contributed by atoms with E-state index < -0.39 is 23.5 Å². The van der Waals surface area contributed by atoms with Gasteiger partial charge in [-0.2, -0.15) is 0 Å². The first-order valence-corrected chi connectivity index (χ1v) is 12.1. The fourth-order valence-corrected chi connectivity index (χ4v) is 5.37. The standard InChI is InChI=1S/C28H26F2N2O4/c29-23-15-22(16-24(30)25(23)31-18-27(11-12-27)28(19-31)35-13-14-36-28)32(21-9-5-2-6-10-21)26(33)34-17-20-7-3-1-4-8-20/h1-10,15-16H,11-14,17-19H2. The number of anilines is 3. The van der Waals surface area contributed by atoms with Crippen molar-refractivity contribution >= 4 is 23.2 Å². The summed E-state index contributed by atoms with van der Waals surface area (Å²) in [7, 11) is 0. The molecule has 1 amide bonds. The van der Waals surface area contributed by atoms with Gasteiger partial charge in [0.1, 0.15) is 12.3 Å². The van der Waals surface area contributed by atoms with E-state index in [2.05, 4.69) is 0 Å². The molecule has 0 atom stereocenters. The summed E-state index contributed by atoms with van der Waals surface area (Å²) in [6.45, 7) is 1.72. The molecular formula is C28H26F2N2O4. The van der Waals surface area contributed by atoms with Crippen LogP contribution < -0.4 is 9.80 Å². The minimum absolute atomic E-state index is 0.0317. The zero-order valence-electron chi connectivity index (χ0n) is 19.7. The third kappa shape index (κ3) is 3.90. The fourth-order valence-electron chi connectivity index (χ4n) is 5.37. The number of para-hydroxylation sites is 1. The molecule has 6 rings (SSSR count). The monoisotopic (exact) mass is 492 g/mol. The molecule has 0 aromatic heterocycles. The minimum atomic E-state index is -0.804. The Kier molecular flexibility index (Phi) is 5.65. The lowest BCUT2D eigenvalue weighted by molar-refractivity contribution is -0.178. The van der Waals surface area contributed by atoms with Gasteiger partial charge >= 0.3 is 6.09 Å². The molecule has 36 heavy (non-hydrogen) atoms. The predicted molar refractivity (Wildman–Crippen MR) is 130 cm³/mol. The number of rotatable bonds is 5. The van der Waals surface area contributed by atoms with Crippen LogP contribution in [0.15, 0.2) is 72.8 Å². The van der Waals surface area contributed by atoms with E-state index in [4.69, 9.17) is 14.2 Å². The van der Waals surface area contributed by atoms with Gasteiger partial charge in [0.25, 0.3) is 0 Å². The number of amides is 1. The Morgan fingerprint density at radius 2 is 1.50 bits per heavy atom. The highest BCUT2D eigenvalue weighted by molar-refractivity contribution is 5.96. The van der Waals surface area contributed by atoms with Crippen molar-refractivity contribution in [1.29, 1.82) is 0 Å². The predicted octanol–water partition coefficient (Wildman–Crippen LogP) is 5.78. The molecule has 1 saturated carbocycles. The van der Waals surface area contributed by atoms with E-state index in [-0.39, 0.29) is 29.9 Å². The smallest absolute Gasteiger partial charge is 0.419 e. The zero-order valence-corrected chi connectivity index (χ0v) is 19.7. The summed E-state index contributed by atoms with van der Waals surface area (Å²) in [5.41, 5.74) is 0.929. The van der Waals surface area contributed by atoms with Crippen LogP contribution in [0.5, 0.6) is 0 Å². The van der Waals surface area contributed by atoms with Crippen LogP contribution in [0.2, 0.25) is 0 Å². The Hall–Kier alpha value is -3.49. The highest BCUT2D eigenvalue weighted by Crippen LogP contribution is 2.62. The average Bonchev–Trinajstić information content (AvgIpc) is 3.39. The van der Waals surface area contributed by atoms with Crippen molar-refractivity contribution in [2.24, 2.45) is 5.41 Å². The van der Waals surface area contributed by atoms with E-state index in [1.807, 2.05) is 30.3 Å². The second-order valence-corrected chi connectivity index (χ2v) is 9.56. The summed E-state index contributed by atoms with van der Waals surface area (Å²) in [6.07, 6.45) is 1.07. The summed E-state index contributed by atoms with van der Waals surface area (Å²) >= 11 is 0. The van der Waals surface area contributed by atoms with Crippen molar-refractivity contribution in [1.82, 2.24) is 0 Å². The maximum Gasteiger partial charge on any atom is 0.419 e. The molecule has 186 valence electrons. The maximum atomic E-state index is 15.6. The van der Waals surface area contributed by atoms with Crippen molar-refractivity contribution in [2.75, 3.05) is 36.1 Å². The molecule has 3 aromatic rings. The van der Waals surface area contributed by atoms with Crippen LogP contribution in [0.25, 0.3) is 0 Å². The second kappa shape index (κ2) is 8.87. The average molecular weight is 493 g/mol. The van der Waals surface area contributed by atoms with Gasteiger partial charge in [0, 0.05) is 24.1 Å². The van der Waals surface area contributed by atoms with E-state index in [9.17, 15) is 4.79 Å². The highest BCUT2D eigenvalue weighted by Gasteiger charge is 2.68. The quantitative estimate of drug-likeness (QED) is 0.452. The Balaban J connectivity index is 1.30. The number of fused-ring (bicyclic) bond motifs is 1. The number of carbonyl (C=O) groups excluding carboxylic acids is 1. The summed E-state index contributed by atoms with van der Waals surface area (Å²) in [4.78, 5) is 16.0. The van der Waals surface area contributed by atoms with Gasteiger partial charge in [-0.25, -0.2) is 18.5 Å². The minimum Gasteiger partial charge on any atom is -0.444 e. The third-order valence-corrected chi connectivity index (χ3v) is 7.29. The molecule has 0 bridgehead atoms. The SMILES string of the molecule is O=C(OCc1ccccc1)N(c1ccccc1)c1cc(F)c(N2CC3(CC3)C3(C2)OCCO3)c(F)c1. The molecule has 0 radical (unpaired) electrons. The van der Waals surface area contributed by atoms with Gasteiger partial charge in [0.15, 0.2) is 17.4 Å². The van der Waals surface area contributed by atoms with Gasteiger partial charge < -0.3 is 19.1 Å². The lowest BCUT2D eigenvalue weighted by Crippen LogP contribution is -2.40. The first kappa shape index (κ1) is 22.9. The normalized spacial score (nSPS) is 19.1. The molecule has 0 unspecified atom stereocenters. The van der Waals surface area contributed by atoms with E-state index in [1.54, 1.807) is 35.2 Å². The van der Waals surface area contributed by atoms with E-state index in [1.165, 1.54) is 17.0 Å². The van der Waals surface area contributed by atoms with Crippen LogP contribution >= 0.6 is 0 Å². The Labute approximate surface area is 208 Å². The summed E-state index contributed by atoms with van der Waals surface area (Å²) < 4.78 is 48.5. The van der Waals surface area contributed by atoms with Gasteiger partial charge in [0.2, 0.25) is 0 Å². The van der Waals surface area contributed by atoms with Gasteiger partial charge in [0.05, 0.1) is 31.1 Å². The van der Waals surface area contributed by atoms with E-state index >= 15 is 8.78 Å². The van der Waals surface area contributed by atoms with Crippen LogP contribution in [-0.2, 0) is 20.8 Å². The van der Waals surface area contributed by atoms with Crippen molar-refractivity contribution in [3.8, 4) is 0 Å². The lowest BCUT2D eigenvalue weighted by atomic mass is 10.00. The fraction of sp³-hybridized carbons (Fsp3) is 0.321. The second-order valence-electron chi connectivity index (χ2n) is 9.56. The molecule has 2 aliphatic heterocycles. The number of nitrogens with zero attached hydrogens (tertiary/aromatic N) is 2. The first-order valence-electron chi connectivity index (χ1n) is 12.1.